The second kappa shape index (κ2) is 7.51. The Morgan fingerprint density at radius 3 is 2.64 bits per heavy atom. The van der Waals surface area contributed by atoms with E-state index < -0.39 is 10.9 Å². The first-order valence-corrected chi connectivity index (χ1v) is 8.09. The average molecular weight is 324 g/mol. The highest BCUT2D eigenvalue weighted by atomic mass is 32.2. The lowest BCUT2D eigenvalue weighted by Crippen LogP contribution is -2.35. The highest BCUT2D eigenvalue weighted by molar-refractivity contribution is 7.98. The first-order chi connectivity index (χ1) is 10.5. The highest BCUT2D eigenvalue weighted by Crippen LogP contribution is 2.18. The number of hydrogen-bond donors (Lipinski definition) is 1. The Morgan fingerprint density at radius 1 is 1.23 bits per heavy atom. The number of nitrogens with zero attached hydrogens (tertiary/aromatic N) is 1. The first kappa shape index (κ1) is 16.6. The predicted octanol–water partition coefficient (Wildman–Crippen LogP) is 1.29. The summed E-state index contributed by atoms with van der Waals surface area (Å²) in [6.07, 6.45) is 0. The minimum Gasteiger partial charge on any atom is -0.491 e. The molecule has 2 rings (SSSR count). The summed E-state index contributed by atoms with van der Waals surface area (Å²) >= 11 is 1.70. The lowest BCUT2D eigenvalue weighted by molar-refractivity contribution is 0.344. The Hall–Kier alpha value is -1.73. The number of furan rings is 1. The van der Waals surface area contributed by atoms with E-state index in [1.54, 1.807) is 11.8 Å². The fourth-order valence-electron chi connectivity index (χ4n) is 2.04. The Bertz CT molecular complexity index is 686. The van der Waals surface area contributed by atoms with Gasteiger partial charge in [-0.05, 0) is 26.2 Å². The Labute approximate surface area is 133 Å². The van der Waals surface area contributed by atoms with Crippen molar-refractivity contribution in [2.75, 3.05) is 38.8 Å². The van der Waals surface area contributed by atoms with E-state index in [4.69, 9.17) is 9.15 Å². The van der Waals surface area contributed by atoms with Crippen LogP contribution in [0.15, 0.2) is 26.1 Å². The fraction of sp³-hybridized carbons (Fsp3) is 0.467. The molecule has 6 nitrogen and oxygen atoms in total. The molecule has 2 aromatic rings. The zero-order chi connectivity index (χ0) is 16.1. The molecule has 1 aromatic carbocycles. The molecule has 1 N–H and O–H groups in total. The molecule has 0 aliphatic heterocycles. The lowest BCUT2D eigenvalue weighted by atomic mass is 10.2. The number of nitrogens with one attached hydrogen (secondary N) is 1. The number of methoxy groups -OCH3 is 1. The molecule has 0 spiro atoms. The van der Waals surface area contributed by atoms with Crippen LogP contribution in [0.5, 0.6) is 5.75 Å². The molecular weight excluding hydrogens is 304 g/mol. The van der Waals surface area contributed by atoms with Crippen LogP contribution in [0.4, 0.5) is 5.69 Å². The number of anilines is 1. The van der Waals surface area contributed by atoms with E-state index in [2.05, 4.69) is 10.2 Å². The normalized spacial score (nSPS) is 11.3. The van der Waals surface area contributed by atoms with E-state index in [1.807, 2.05) is 26.2 Å². The van der Waals surface area contributed by atoms with Gasteiger partial charge in [0.15, 0.2) is 5.75 Å². The van der Waals surface area contributed by atoms with Crippen LogP contribution in [-0.2, 0) is 12.3 Å². The van der Waals surface area contributed by atoms with E-state index in [0.29, 0.717) is 12.2 Å². The Kier molecular flexibility index (Phi) is 5.68. The quantitative estimate of drug-likeness (QED) is 0.550. The van der Waals surface area contributed by atoms with Gasteiger partial charge in [-0.2, -0.15) is 11.8 Å². The topological polar surface area (TPSA) is 71.8 Å². The number of rotatable bonds is 9. The van der Waals surface area contributed by atoms with Gasteiger partial charge in [-0.15, -0.1) is 0 Å². The van der Waals surface area contributed by atoms with Crippen molar-refractivity contribution in [2.45, 2.75) is 12.3 Å². The van der Waals surface area contributed by atoms with Gasteiger partial charge < -0.3 is 19.4 Å². The minimum absolute atomic E-state index is 0.134. The third-order valence-electron chi connectivity index (χ3n) is 3.05. The summed E-state index contributed by atoms with van der Waals surface area (Å²) in [6.45, 7) is 1.38. The molecule has 1 aromatic heterocycles. The van der Waals surface area contributed by atoms with Crippen molar-refractivity contribution in [2.24, 2.45) is 0 Å². The highest BCUT2D eigenvalue weighted by Gasteiger charge is 2.20. The summed E-state index contributed by atoms with van der Waals surface area (Å²) in [6, 6.07) is 3.97. The van der Waals surface area contributed by atoms with Crippen LogP contribution in [0.2, 0.25) is 0 Å². The van der Waals surface area contributed by atoms with Gasteiger partial charge in [-0.3, -0.25) is 9.59 Å². The van der Waals surface area contributed by atoms with Crippen LogP contribution in [0, 0.1) is 0 Å². The van der Waals surface area contributed by atoms with Crippen molar-refractivity contribution in [1.29, 1.82) is 0 Å². The molecule has 22 heavy (non-hydrogen) atoms. The summed E-state index contributed by atoms with van der Waals surface area (Å²) in [5.41, 5.74) is -0.762. The molecule has 0 unspecified atom stereocenters. The van der Waals surface area contributed by atoms with Gasteiger partial charge in [0.1, 0.15) is 17.2 Å². The molecular formula is C15H20N2O4S. The van der Waals surface area contributed by atoms with Gasteiger partial charge in [0.2, 0.25) is 0 Å². The van der Waals surface area contributed by atoms with Crippen LogP contribution in [0.1, 0.15) is 11.5 Å². The lowest BCUT2D eigenvalue weighted by Gasteiger charge is -2.11. The molecule has 7 heteroatoms. The molecule has 0 bridgehead atoms. The molecule has 0 aliphatic carbocycles. The van der Waals surface area contributed by atoms with Gasteiger partial charge in [-0.25, -0.2) is 0 Å². The third kappa shape index (κ3) is 3.92. The van der Waals surface area contributed by atoms with Gasteiger partial charge in [0.05, 0.1) is 19.4 Å². The smallest absolute Gasteiger partial charge is 0.271 e. The molecule has 0 radical (unpaired) electrons. The van der Waals surface area contributed by atoms with Gasteiger partial charge in [0.25, 0.3) is 10.9 Å². The van der Waals surface area contributed by atoms with E-state index in [0.717, 1.165) is 29.6 Å². The standard InChI is InChI=1S/C15H20N2O4S/c1-17(2)8-10-4-5-11(21-10)9-22-7-6-16-12-13(18)14(19)15(12)20-3/h4-5,16H,6-9H2,1-3H3. The number of ether oxygens (including phenoxy) is 1. The summed E-state index contributed by atoms with van der Waals surface area (Å²) in [7, 11) is 5.38. The maximum atomic E-state index is 11.3. The van der Waals surface area contributed by atoms with Crippen LogP contribution < -0.4 is 20.9 Å². The molecule has 0 fully saturated rings. The Morgan fingerprint density at radius 2 is 1.95 bits per heavy atom. The molecule has 0 saturated heterocycles. The largest absolute Gasteiger partial charge is 0.491 e. The summed E-state index contributed by atoms with van der Waals surface area (Å²) in [5, 5.41) is 2.94. The van der Waals surface area contributed by atoms with Crippen molar-refractivity contribution in [1.82, 2.24) is 4.90 Å². The number of hydrogen-bond acceptors (Lipinski definition) is 7. The molecule has 0 aliphatic rings. The van der Waals surface area contributed by atoms with Crippen molar-refractivity contribution < 1.29 is 9.15 Å². The molecule has 0 atom stereocenters. The van der Waals surface area contributed by atoms with E-state index in [1.165, 1.54) is 7.11 Å². The molecule has 120 valence electrons. The van der Waals surface area contributed by atoms with Crippen LogP contribution >= 0.6 is 11.8 Å². The van der Waals surface area contributed by atoms with Gasteiger partial charge >= 0.3 is 0 Å². The van der Waals surface area contributed by atoms with E-state index in [9.17, 15) is 9.59 Å². The fourth-order valence-corrected chi connectivity index (χ4v) is 2.79. The average Bonchev–Trinajstić information content (AvgIpc) is 2.91. The second-order valence-electron chi connectivity index (χ2n) is 5.15. The second-order valence-corrected chi connectivity index (χ2v) is 6.26. The molecule has 1 heterocycles. The molecule has 0 saturated carbocycles. The summed E-state index contributed by atoms with van der Waals surface area (Å²) < 4.78 is 10.6. The minimum atomic E-state index is -0.554. The third-order valence-corrected chi connectivity index (χ3v) is 4.03. The molecule has 0 amide bonds. The summed E-state index contributed by atoms with van der Waals surface area (Å²) in [4.78, 5) is 24.5. The maximum Gasteiger partial charge on any atom is 0.271 e. The maximum absolute atomic E-state index is 11.3. The van der Waals surface area contributed by atoms with E-state index >= 15 is 0 Å². The van der Waals surface area contributed by atoms with Crippen molar-refractivity contribution in [3.05, 3.63) is 44.1 Å². The van der Waals surface area contributed by atoms with Crippen molar-refractivity contribution >= 4 is 17.4 Å². The Balaban J connectivity index is 1.69. The monoisotopic (exact) mass is 324 g/mol. The van der Waals surface area contributed by atoms with Crippen LogP contribution in [0.3, 0.4) is 0 Å². The predicted molar refractivity (Wildman–Crippen MR) is 88.7 cm³/mol. The van der Waals surface area contributed by atoms with Crippen LogP contribution in [0.25, 0.3) is 0 Å². The zero-order valence-corrected chi connectivity index (χ0v) is 13.8. The summed E-state index contributed by atoms with van der Waals surface area (Å²) in [5.74, 6) is 3.60. The zero-order valence-electron chi connectivity index (χ0n) is 13.0. The van der Waals surface area contributed by atoms with Gasteiger partial charge in [-0.1, -0.05) is 0 Å². The van der Waals surface area contributed by atoms with Crippen molar-refractivity contribution in [3.63, 3.8) is 0 Å². The first-order valence-electron chi connectivity index (χ1n) is 6.94. The SMILES string of the molecule is COc1c(NCCSCc2ccc(CN(C)C)o2)c(=O)c1=O. The van der Waals surface area contributed by atoms with Crippen molar-refractivity contribution in [3.8, 4) is 5.75 Å². The number of thioether (sulfide) groups is 1. The van der Waals surface area contributed by atoms with E-state index in [-0.39, 0.29) is 5.75 Å². The van der Waals surface area contributed by atoms with Crippen LogP contribution in [-0.4, -0.2) is 38.4 Å². The van der Waals surface area contributed by atoms with Gasteiger partial charge in [0, 0.05) is 12.3 Å².